The van der Waals surface area contributed by atoms with Gasteiger partial charge in [0, 0.05) is 25.0 Å². The lowest BCUT2D eigenvalue weighted by atomic mass is 10.1. The minimum absolute atomic E-state index is 0.0245. The number of likely N-dealkylation sites (tertiary alicyclic amines) is 1. The summed E-state index contributed by atoms with van der Waals surface area (Å²) < 4.78 is 19.2. The van der Waals surface area contributed by atoms with Crippen molar-refractivity contribution in [3.05, 3.63) is 0 Å². The molecule has 9 nitrogen and oxygen atoms in total. The predicted molar refractivity (Wildman–Crippen MR) is 126 cm³/mol. The van der Waals surface area contributed by atoms with Crippen molar-refractivity contribution in [2.24, 2.45) is 0 Å². The first kappa shape index (κ1) is 29.3. The lowest BCUT2D eigenvalue weighted by Crippen LogP contribution is -2.41. The van der Waals surface area contributed by atoms with Crippen LogP contribution < -0.4 is 0 Å². The van der Waals surface area contributed by atoms with Crippen molar-refractivity contribution in [2.75, 3.05) is 26.4 Å². The maximum absolute atomic E-state index is 12.6. The van der Waals surface area contributed by atoms with E-state index < -0.39 is 20.5 Å². The second-order valence-corrected chi connectivity index (χ2v) is 9.97. The van der Waals surface area contributed by atoms with Crippen molar-refractivity contribution in [1.82, 2.24) is 9.57 Å². The van der Waals surface area contributed by atoms with Crippen LogP contribution in [-0.2, 0) is 23.4 Å². The number of carbonyl (C=O) groups excluding carboxylic acids is 2. The van der Waals surface area contributed by atoms with E-state index in [0.29, 0.717) is 39.0 Å². The Bertz CT molecular complexity index is 669. The fourth-order valence-electron chi connectivity index (χ4n) is 3.76. The van der Waals surface area contributed by atoms with E-state index in [1.807, 2.05) is 6.07 Å². The molecule has 0 aromatic heterocycles. The number of esters is 1. The van der Waals surface area contributed by atoms with Gasteiger partial charge in [0.1, 0.15) is 12.6 Å². The molecule has 1 saturated heterocycles. The van der Waals surface area contributed by atoms with Crippen LogP contribution in [-0.4, -0.2) is 65.9 Å². The lowest BCUT2D eigenvalue weighted by molar-refractivity contribution is -0.153. The minimum Gasteiger partial charge on any atom is -0.463 e. The van der Waals surface area contributed by atoms with Crippen LogP contribution in [0.1, 0.15) is 79.1 Å². The first-order valence-electron chi connectivity index (χ1n) is 11.9. The second-order valence-electron chi connectivity index (χ2n) is 8.51. The highest BCUT2D eigenvalue weighted by atomic mass is 31.2. The number of nitriles is 2. The zero-order valence-corrected chi connectivity index (χ0v) is 21.4. The van der Waals surface area contributed by atoms with Crippen LogP contribution in [0.5, 0.6) is 0 Å². The molecule has 1 heterocycles. The molecule has 1 unspecified atom stereocenters. The van der Waals surface area contributed by atoms with Crippen LogP contribution >= 0.6 is 8.53 Å². The summed E-state index contributed by atoms with van der Waals surface area (Å²) in [4.78, 5) is 26.4. The monoisotopic (exact) mass is 482 g/mol. The van der Waals surface area contributed by atoms with Gasteiger partial charge in [0.2, 0.25) is 5.91 Å². The van der Waals surface area contributed by atoms with Crippen LogP contribution in [0.15, 0.2) is 0 Å². The number of amides is 1. The summed E-state index contributed by atoms with van der Waals surface area (Å²) in [6.07, 6.45) is 4.64. The molecule has 1 amide bonds. The van der Waals surface area contributed by atoms with E-state index in [1.165, 1.54) is 0 Å². The van der Waals surface area contributed by atoms with Crippen LogP contribution in [0.3, 0.4) is 0 Å². The molecule has 1 aliphatic rings. The summed E-state index contributed by atoms with van der Waals surface area (Å²) >= 11 is 0. The summed E-state index contributed by atoms with van der Waals surface area (Å²) in [7, 11) is -1.24. The molecule has 0 saturated carbocycles. The Morgan fingerprint density at radius 1 is 1.00 bits per heavy atom. The number of rotatable bonds is 16. The summed E-state index contributed by atoms with van der Waals surface area (Å²) in [5.41, 5.74) is 0. The molecule has 10 heteroatoms. The molecule has 33 heavy (non-hydrogen) atoms. The van der Waals surface area contributed by atoms with Gasteiger partial charge >= 0.3 is 5.97 Å². The Balaban J connectivity index is 2.39. The second kappa shape index (κ2) is 16.8. The van der Waals surface area contributed by atoms with Gasteiger partial charge in [0.25, 0.3) is 8.53 Å². The lowest BCUT2D eigenvalue weighted by Gasteiger charge is -2.35. The van der Waals surface area contributed by atoms with E-state index in [2.05, 4.69) is 38.4 Å². The molecule has 0 spiro atoms. The normalized spacial score (nSPS) is 16.8. The van der Waals surface area contributed by atoms with Crippen LogP contribution in [0.25, 0.3) is 0 Å². The topological polar surface area (TPSA) is 116 Å². The summed E-state index contributed by atoms with van der Waals surface area (Å²) in [5.74, 6) is -0.433. The van der Waals surface area contributed by atoms with Gasteiger partial charge in [-0.3, -0.25) is 4.79 Å². The number of carbonyl (C=O) groups is 2. The van der Waals surface area contributed by atoms with Gasteiger partial charge in [-0.25, -0.2) is 9.46 Å². The fourth-order valence-corrected chi connectivity index (χ4v) is 5.39. The van der Waals surface area contributed by atoms with Crippen molar-refractivity contribution in [2.45, 2.75) is 97.2 Å². The average Bonchev–Trinajstić information content (AvgIpc) is 3.25. The Morgan fingerprint density at radius 2 is 1.64 bits per heavy atom. The zero-order chi connectivity index (χ0) is 24.6. The largest absolute Gasteiger partial charge is 0.463 e. The van der Waals surface area contributed by atoms with Crippen LogP contribution in [0.4, 0.5) is 0 Å². The van der Waals surface area contributed by atoms with Gasteiger partial charge < -0.3 is 18.7 Å². The highest BCUT2D eigenvalue weighted by Crippen LogP contribution is 2.46. The van der Waals surface area contributed by atoms with Crippen molar-refractivity contribution in [3.8, 4) is 12.1 Å². The number of nitrogens with zero attached hydrogens (tertiary/aromatic N) is 4. The molecule has 1 fully saturated rings. The first-order valence-corrected chi connectivity index (χ1v) is 13.0. The maximum Gasteiger partial charge on any atom is 0.328 e. The third kappa shape index (κ3) is 10.8. The van der Waals surface area contributed by atoms with Gasteiger partial charge in [-0.2, -0.15) is 10.5 Å². The predicted octanol–water partition coefficient (Wildman–Crippen LogP) is 4.29. The average molecular weight is 483 g/mol. The third-order valence-electron chi connectivity index (χ3n) is 5.20. The minimum atomic E-state index is -1.24. The Hall–Kier alpha value is -1.77. The molecule has 0 aromatic carbocycles. The van der Waals surface area contributed by atoms with Gasteiger partial charge in [-0.1, -0.05) is 6.42 Å². The van der Waals surface area contributed by atoms with E-state index in [9.17, 15) is 9.59 Å². The van der Waals surface area contributed by atoms with Crippen molar-refractivity contribution in [3.63, 3.8) is 0 Å². The van der Waals surface area contributed by atoms with Gasteiger partial charge in [-0.15, -0.1) is 0 Å². The highest BCUT2D eigenvalue weighted by Gasteiger charge is 2.34. The molecule has 0 bridgehead atoms. The van der Waals surface area contributed by atoms with Gasteiger partial charge in [0.05, 0.1) is 38.2 Å². The first-order chi connectivity index (χ1) is 15.8. The molecule has 0 radical (unpaired) electrons. The van der Waals surface area contributed by atoms with Crippen molar-refractivity contribution < 1.29 is 23.4 Å². The molecular weight excluding hydrogens is 443 g/mol. The number of hydrogen-bond acceptors (Lipinski definition) is 8. The molecule has 0 aromatic rings. The van der Waals surface area contributed by atoms with E-state index >= 15 is 0 Å². The van der Waals surface area contributed by atoms with E-state index in [-0.39, 0.29) is 31.0 Å². The molecule has 186 valence electrons. The molecule has 0 aliphatic carbocycles. The molecular formula is C23H39N4O5P. The summed E-state index contributed by atoms with van der Waals surface area (Å²) in [5, 5.41) is 17.3. The Kier molecular flexibility index (Phi) is 14.9. The Labute approximate surface area is 199 Å². The van der Waals surface area contributed by atoms with Crippen molar-refractivity contribution in [1.29, 1.82) is 10.5 Å². The van der Waals surface area contributed by atoms with Gasteiger partial charge in [0.15, 0.2) is 0 Å². The third-order valence-corrected chi connectivity index (χ3v) is 7.31. The standard InChI is InChI=1S/C23H39N4O5P/c1-19(2)27(20(3)4)33(32-18-10-14-25)31-17-7-5-6-12-22(28)26-15-8-11-21(26)23(29)30-16-9-13-24/h19-21H,5-12,15-18H2,1-4H3/t21-,33?/m1/s1. The highest BCUT2D eigenvalue weighted by molar-refractivity contribution is 7.44. The van der Waals surface area contributed by atoms with Crippen LogP contribution in [0, 0.1) is 22.7 Å². The quantitative estimate of drug-likeness (QED) is 0.182. The molecule has 1 aliphatic heterocycles. The van der Waals surface area contributed by atoms with Gasteiger partial charge in [-0.05, 0) is 53.4 Å². The van der Waals surface area contributed by atoms with Crippen LogP contribution in [0.2, 0.25) is 0 Å². The maximum atomic E-state index is 12.6. The van der Waals surface area contributed by atoms with E-state index in [4.69, 9.17) is 24.3 Å². The van der Waals surface area contributed by atoms with Crippen molar-refractivity contribution >= 4 is 20.4 Å². The SMILES string of the molecule is CC(C)N(C(C)C)P(OCCC#N)OCCCCCC(=O)N1CCC[C@@H]1C(=O)OCCC#N. The van der Waals surface area contributed by atoms with E-state index in [0.717, 1.165) is 25.7 Å². The Morgan fingerprint density at radius 3 is 2.27 bits per heavy atom. The zero-order valence-electron chi connectivity index (χ0n) is 20.5. The number of ether oxygens (including phenoxy) is 1. The fraction of sp³-hybridized carbons (Fsp3) is 0.826. The molecule has 2 atom stereocenters. The number of hydrogen-bond donors (Lipinski definition) is 0. The van der Waals surface area contributed by atoms with E-state index in [1.54, 1.807) is 4.90 Å². The summed E-state index contributed by atoms with van der Waals surface area (Å²) in [6.45, 7) is 9.92. The molecule has 1 rings (SSSR count). The molecule has 0 N–H and O–H groups in total. The number of unbranched alkanes of at least 4 members (excludes halogenated alkanes) is 2. The smallest absolute Gasteiger partial charge is 0.328 e. The summed E-state index contributed by atoms with van der Waals surface area (Å²) in [6, 6.07) is 4.03.